The highest BCUT2D eigenvalue weighted by Crippen LogP contribution is 2.18. The van der Waals surface area contributed by atoms with E-state index in [1.165, 1.54) is 6.07 Å². The number of methoxy groups -OCH3 is 1. The second-order valence-corrected chi connectivity index (χ2v) is 7.37. The van der Waals surface area contributed by atoms with Gasteiger partial charge in [0.05, 0.1) is 20.2 Å². The molecule has 1 aromatic heterocycles. The molecule has 3 rings (SSSR count). The van der Waals surface area contributed by atoms with Gasteiger partial charge in [-0.05, 0) is 30.2 Å². The lowest BCUT2D eigenvalue weighted by atomic mass is 10.1. The number of hydrogen-bond donors (Lipinski definition) is 0. The third kappa shape index (κ3) is 5.22. The van der Waals surface area contributed by atoms with Gasteiger partial charge in [-0.15, -0.1) is 0 Å². The number of ether oxygens (including phenoxy) is 1. The van der Waals surface area contributed by atoms with E-state index >= 15 is 0 Å². The molecule has 0 aliphatic heterocycles. The second kappa shape index (κ2) is 9.37. The Balaban J connectivity index is 1.83. The van der Waals surface area contributed by atoms with Crippen LogP contribution < -0.4 is 4.74 Å². The summed E-state index contributed by atoms with van der Waals surface area (Å²) < 4.78 is 21.2. The van der Waals surface area contributed by atoms with Gasteiger partial charge in [0.25, 0.3) is 5.91 Å². The van der Waals surface area contributed by atoms with Crippen LogP contribution in [0.25, 0.3) is 0 Å². The van der Waals surface area contributed by atoms with Gasteiger partial charge in [0.15, 0.2) is 0 Å². The van der Waals surface area contributed by atoms with Crippen LogP contribution in [-0.2, 0) is 13.1 Å². The molecule has 0 aliphatic carbocycles. The van der Waals surface area contributed by atoms with Crippen molar-refractivity contribution in [2.75, 3.05) is 13.7 Å². The van der Waals surface area contributed by atoms with E-state index in [0.717, 1.165) is 0 Å². The quantitative estimate of drug-likeness (QED) is 0.569. The first-order valence-corrected chi connectivity index (χ1v) is 9.64. The average molecular weight is 395 g/mol. The highest BCUT2D eigenvalue weighted by atomic mass is 19.1. The molecule has 0 unspecified atom stereocenters. The molecule has 0 N–H and O–H groups in total. The molecule has 0 fully saturated rings. The van der Waals surface area contributed by atoms with Crippen molar-refractivity contribution >= 4 is 5.91 Å². The van der Waals surface area contributed by atoms with E-state index in [1.54, 1.807) is 48.5 Å². The highest BCUT2D eigenvalue weighted by molar-refractivity contribution is 5.94. The average Bonchev–Trinajstić information content (AvgIpc) is 3.15. The molecule has 6 heteroatoms. The summed E-state index contributed by atoms with van der Waals surface area (Å²) in [4.78, 5) is 19.4. The molecule has 152 valence electrons. The molecular weight excluding hydrogens is 369 g/mol. The van der Waals surface area contributed by atoms with Crippen molar-refractivity contribution in [1.82, 2.24) is 14.5 Å². The molecule has 29 heavy (non-hydrogen) atoms. The summed E-state index contributed by atoms with van der Waals surface area (Å²) in [5, 5.41) is 0. The van der Waals surface area contributed by atoms with E-state index in [1.807, 2.05) is 22.9 Å². The number of carbonyl (C=O) groups is 1. The van der Waals surface area contributed by atoms with Crippen LogP contribution in [0.4, 0.5) is 4.39 Å². The first-order valence-electron chi connectivity index (χ1n) is 9.64. The molecule has 1 amide bonds. The smallest absolute Gasteiger partial charge is 0.254 e. The Morgan fingerprint density at radius 2 is 2.00 bits per heavy atom. The third-order valence-corrected chi connectivity index (χ3v) is 4.62. The largest absolute Gasteiger partial charge is 0.497 e. The number of amides is 1. The van der Waals surface area contributed by atoms with E-state index in [2.05, 4.69) is 18.8 Å². The SMILES string of the molecule is COc1cccc(C(=O)N(Cc2nccn2Cc2ccccc2F)CC(C)C)c1. The Hall–Kier alpha value is -3.15. The fourth-order valence-electron chi connectivity index (χ4n) is 3.22. The van der Waals surface area contributed by atoms with Crippen LogP contribution in [0.5, 0.6) is 5.75 Å². The van der Waals surface area contributed by atoms with Gasteiger partial charge in [-0.25, -0.2) is 9.37 Å². The molecule has 1 heterocycles. The van der Waals surface area contributed by atoms with E-state index in [9.17, 15) is 9.18 Å². The van der Waals surface area contributed by atoms with Crippen molar-refractivity contribution in [3.05, 3.63) is 83.7 Å². The lowest BCUT2D eigenvalue weighted by Crippen LogP contribution is -2.34. The van der Waals surface area contributed by atoms with Crippen LogP contribution in [0.1, 0.15) is 35.6 Å². The monoisotopic (exact) mass is 395 g/mol. The Bertz CT molecular complexity index is 968. The lowest BCUT2D eigenvalue weighted by molar-refractivity contribution is 0.0716. The molecule has 0 bridgehead atoms. The maximum Gasteiger partial charge on any atom is 0.254 e. The fraction of sp³-hybridized carbons (Fsp3) is 0.304. The van der Waals surface area contributed by atoms with Gasteiger partial charge in [0.2, 0.25) is 0 Å². The highest BCUT2D eigenvalue weighted by Gasteiger charge is 2.20. The molecule has 0 aliphatic rings. The van der Waals surface area contributed by atoms with E-state index in [-0.39, 0.29) is 11.7 Å². The maximum absolute atomic E-state index is 14.1. The molecule has 5 nitrogen and oxygen atoms in total. The second-order valence-electron chi connectivity index (χ2n) is 7.37. The van der Waals surface area contributed by atoms with Crippen molar-refractivity contribution in [3.8, 4) is 5.75 Å². The standard InChI is InChI=1S/C23H26FN3O2/c1-17(2)14-27(23(28)18-8-6-9-20(13-18)29-3)16-22-25-11-12-26(22)15-19-7-4-5-10-21(19)24/h4-13,17H,14-16H2,1-3H3. The van der Waals surface area contributed by atoms with Crippen LogP contribution in [0, 0.1) is 11.7 Å². The topological polar surface area (TPSA) is 47.4 Å². The van der Waals surface area contributed by atoms with E-state index < -0.39 is 0 Å². The molecular formula is C23H26FN3O2. The number of benzene rings is 2. The van der Waals surface area contributed by atoms with Gasteiger partial charge in [-0.2, -0.15) is 0 Å². The summed E-state index contributed by atoms with van der Waals surface area (Å²) in [7, 11) is 1.58. The molecule has 0 radical (unpaired) electrons. The van der Waals surface area contributed by atoms with Crippen LogP contribution in [0.2, 0.25) is 0 Å². The minimum absolute atomic E-state index is 0.0851. The van der Waals surface area contributed by atoms with Gasteiger partial charge in [0.1, 0.15) is 17.4 Å². The number of halogens is 1. The van der Waals surface area contributed by atoms with Crippen LogP contribution >= 0.6 is 0 Å². The summed E-state index contributed by atoms with van der Waals surface area (Å²) in [6.45, 7) is 5.43. The first kappa shape index (κ1) is 20.6. The summed E-state index contributed by atoms with van der Waals surface area (Å²) in [6, 6.07) is 13.8. The number of carbonyl (C=O) groups excluding carboxylic acids is 1. The Labute approximate surface area is 170 Å². The summed E-state index contributed by atoms with van der Waals surface area (Å²) in [5.41, 5.74) is 1.15. The van der Waals surface area contributed by atoms with Gasteiger partial charge in [-0.1, -0.05) is 38.1 Å². The Morgan fingerprint density at radius 3 is 2.72 bits per heavy atom. The normalized spacial score (nSPS) is 10.9. The Kier molecular flexibility index (Phi) is 6.65. The minimum atomic E-state index is -0.251. The number of rotatable bonds is 8. The van der Waals surface area contributed by atoms with Crippen LogP contribution in [-0.4, -0.2) is 34.0 Å². The maximum atomic E-state index is 14.1. The lowest BCUT2D eigenvalue weighted by Gasteiger charge is -2.25. The van der Waals surface area contributed by atoms with Crippen molar-refractivity contribution < 1.29 is 13.9 Å². The summed E-state index contributed by atoms with van der Waals surface area (Å²) >= 11 is 0. The zero-order chi connectivity index (χ0) is 20.8. The number of nitrogens with zero attached hydrogens (tertiary/aromatic N) is 3. The zero-order valence-electron chi connectivity index (χ0n) is 17.0. The molecule has 0 atom stereocenters. The van der Waals surface area contributed by atoms with Crippen molar-refractivity contribution in [3.63, 3.8) is 0 Å². The van der Waals surface area contributed by atoms with E-state index in [0.29, 0.717) is 48.3 Å². The van der Waals surface area contributed by atoms with Gasteiger partial charge < -0.3 is 14.2 Å². The summed E-state index contributed by atoms with van der Waals surface area (Å²) in [5.74, 6) is 1.31. The number of aromatic nitrogens is 2. The van der Waals surface area contributed by atoms with Gasteiger partial charge in [-0.3, -0.25) is 4.79 Å². The predicted octanol–water partition coefficient (Wildman–Crippen LogP) is 4.38. The fourth-order valence-corrected chi connectivity index (χ4v) is 3.22. The summed E-state index contributed by atoms with van der Waals surface area (Å²) in [6.07, 6.45) is 3.49. The molecule has 2 aromatic carbocycles. The van der Waals surface area contributed by atoms with Crippen molar-refractivity contribution in [1.29, 1.82) is 0 Å². The third-order valence-electron chi connectivity index (χ3n) is 4.62. The molecule has 0 spiro atoms. The zero-order valence-corrected chi connectivity index (χ0v) is 17.0. The molecule has 0 saturated heterocycles. The van der Waals surface area contributed by atoms with Crippen molar-refractivity contribution in [2.45, 2.75) is 26.9 Å². The van der Waals surface area contributed by atoms with E-state index in [4.69, 9.17) is 4.74 Å². The predicted molar refractivity (Wildman–Crippen MR) is 110 cm³/mol. The van der Waals surface area contributed by atoms with Crippen LogP contribution in [0.3, 0.4) is 0 Å². The number of imidazole rings is 1. The molecule has 3 aromatic rings. The first-order chi connectivity index (χ1) is 14.0. The van der Waals surface area contributed by atoms with Gasteiger partial charge in [0, 0.05) is 30.1 Å². The minimum Gasteiger partial charge on any atom is -0.497 e. The van der Waals surface area contributed by atoms with Crippen LogP contribution in [0.15, 0.2) is 60.9 Å². The Morgan fingerprint density at radius 1 is 1.21 bits per heavy atom. The number of hydrogen-bond acceptors (Lipinski definition) is 3. The molecule has 0 saturated carbocycles. The van der Waals surface area contributed by atoms with Crippen molar-refractivity contribution in [2.24, 2.45) is 5.92 Å². The van der Waals surface area contributed by atoms with Gasteiger partial charge >= 0.3 is 0 Å².